The fourth-order valence-electron chi connectivity index (χ4n) is 4.07. The third kappa shape index (κ3) is 2.67. The van der Waals surface area contributed by atoms with Gasteiger partial charge in [0.25, 0.3) is 0 Å². The number of piperazine rings is 1. The van der Waals surface area contributed by atoms with Crippen LogP contribution in [0, 0.1) is 0 Å². The van der Waals surface area contributed by atoms with Gasteiger partial charge in [-0.3, -0.25) is 4.90 Å². The second-order valence-corrected chi connectivity index (χ2v) is 6.18. The van der Waals surface area contributed by atoms with Gasteiger partial charge in [-0.2, -0.15) is 0 Å². The average Bonchev–Trinajstić information content (AvgIpc) is 2.72. The largest absolute Gasteiger partial charge is 0.314 e. The van der Waals surface area contributed by atoms with Crippen molar-refractivity contribution in [3.8, 4) is 0 Å². The molecule has 3 heteroatoms. The molecule has 3 nitrogen and oxygen atoms in total. The SMILES string of the molecule is C1CCC2(C1)CCC(N1CCNCC1)CCN2. The van der Waals surface area contributed by atoms with E-state index in [1.54, 1.807) is 0 Å². The molecule has 17 heavy (non-hydrogen) atoms. The van der Waals surface area contributed by atoms with Gasteiger partial charge < -0.3 is 10.6 Å². The first-order chi connectivity index (χ1) is 8.38. The minimum absolute atomic E-state index is 0.544. The molecule has 2 N–H and O–H groups in total. The van der Waals surface area contributed by atoms with Crippen molar-refractivity contribution in [2.75, 3.05) is 32.7 Å². The first kappa shape index (κ1) is 11.9. The Kier molecular flexibility index (Phi) is 3.69. The number of nitrogens with one attached hydrogen (secondary N) is 2. The summed E-state index contributed by atoms with van der Waals surface area (Å²) < 4.78 is 0. The first-order valence-electron chi connectivity index (χ1n) is 7.58. The highest BCUT2D eigenvalue weighted by molar-refractivity contribution is 4.96. The zero-order valence-corrected chi connectivity index (χ0v) is 11.0. The van der Waals surface area contributed by atoms with E-state index in [1.807, 2.05) is 0 Å². The lowest BCUT2D eigenvalue weighted by Gasteiger charge is -2.34. The molecule has 1 saturated carbocycles. The van der Waals surface area contributed by atoms with Gasteiger partial charge in [-0.1, -0.05) is 12.8 Å². The maximum absolute atomic E-state index is 3.88. The van der Waals surface area contributed by atoms with Crippen LogP contribution in [0.15, 0.2) is 0 Å². The monoisotopic (exact) mass is 237 g/mol. The molecule has 0 bridgehead atoms. The van der Waals surface area contributed by atoms with E-state index in [0.29, 0.717) is 5.54 Å². The fraction of sp³-hybridized carbons (Fsp3) is 1.00. The van der Waals surface area contributed by atoms with Crippen LogP contribution in [0.3, 0.4) is 0 Å². The van der Waals surface area contributed by atoms with E-state index in [1.165, 1.54) is 77.7 Å². The zero-order chi connectivity index (χ0) is 11.6. The zero-order valence-electron chi connectivity index (χ0n) is 11.0. The van der Waals surface area contributed by atoms with Crippen molar-refractivity contribution in [1.29, 1.82) is 0 Å². The molecule has 1 unspecified atom stereocenters. The standard InChI is InChI=1S/C14H27N3/c1-2-6-14(5-1)7-3-13(4-8-16-14)17-11-9-15-10-12-17/h13,15-16H,1-12H2. The Morgan fingerprint density at radius 3 is 2.41 bits per heavy atom. The van der Waals surface area contributed by atoms with Crippen LogP contribution < -0.4 is 10.6 Å². The summed E-state index contributed by atoms with van der Waals surface area (Å²) in [6, 6.07) is 0.851. The summed E-state index contributed by atoms with van der Waals surface area (Å²) in [5.41, 5.74) is 0.544. The molecule has 0 amide bonds. The number of nitrogens with zero attached hydrogens (tertiary/aromatic N) is 1. The van der Waals surface area contributed by atoms with Crippen LogP contribution in [0.2, 0.25) is 0 Å². The van der Waals surface area contributed by atoms with Gasteiger partial charge >= 0.3 is 0 Å². The molecule has 2 saturated heterocycles. The molecule has 1 aliphatic carbocycles. The molecule has 1 spiro atoms. The molecule has 0 radical (unpaired) electrons. The topological polar surface area (TPSA) is 27.3 Å². The van der Waals surface area contributed by atoms with Crippen LogP contribution in [0.25, 0.3) is 0 Å². The van der Waals surface area contributed by atoms with Crippen molar-refractivity contribution >= 4 is 0 Å². The number of rotatable bonds is 1. The third-order valence-electron chi connectivity index (χ3n) is 5.16. The summed E-state index contributed by atoms with van der Waals surface area (Å²) in [6.07, 6.45) is 9.97. The summed E-state index contributed by atoms with van der Waals surface area (Å²) in [5.74, 6) is 0. The Hall–Kier alpha value is -0.120. The highest BCUT2D eigenvalue weighted by Gasteiger charge is 2.36. The average molecular weight is 237 g/mol. The van der Waals surface area contributed by atoms with Crippen molar-refractivity contribution in [3.05, 3.63) is 0 Å². The predicted molar refractivity (Wildman–Crippen MR) is 71.3 cm³/mol. The van der Waals surface area contributed by atoms with E-state index in [2.05, 4.69) is 15.5 Å². The summed E-state index contributed by atoms with van der Waals surface area (Å²) >= 11 is 0. The summed E-state index contributed by atoms with van der Waals surface area (Å²) in [7, 11) is 0. The van der Waals surface area contributed by atoms with Crippen molar-refractivity contribution in [2.24, 2.45) is 0 Å². The van der Waals surface area contributed by atoms with Crippen molar-refractivity contribution < 1.29 is 0 Å². The van der Waals surface area contributed by atoms with Crippen LogP contribution in [0.5, 0.6) is 0 Å². The van der Waals surface area contributed by atoms with Gasteiger partial charge in [0.1, 0.15) is 0 Å². The molecular formula is C14H27N3. The molecule has 98 valence electrons. The Morgan fingerprint density at radius 1 is 0.882 bits per heavy atom. The maximum atomic E-state index is 3.88. The summed E-state index contributed by atoms with van der Waals surface area (Å²) in [6.45, 7) is 6.15. The minimum atomic E-state index is 0.544. The van der Waals surface area contributed by atoms with Gasteiger partial charge in [-0.25, -0.2) is 0 Å². The van der Waals surface area contributed by atoms with E-state index < -0.39 is 0 Å². The van der Waals surface area contributed by atoms with Gasteiger partial charge in [-0.05, 0) is 38.6 Å². The molecule has 2 heterocycles. The smallest absolute Gasteiger partial charge is 0.0182 e. The Bertz CT molecular complexity index is 242. The Morgan fingerprint density at radius 2 is 1.65 bits per heavy atom. The molecule has 0 aromatic carbocycles. The van der Waals surface area contributed by atoms with Crippen molar-refractivity contribution in [1.82, 2.24) is 15.5 Å². The van der Waals surface area contributed by atoms with Crippen LogP contribution in [0.4, 0.5) is 0 Å². The molecule has 2 aliphatic heterocycles. The van der Waals surface area contributed by atoms with E-state index in [-0.39, 0.29) is 0 Å². The highest BCUT2D eigenvalue weighted by atomic mass is 15.2. The molecule has 0 aromatic rings. The maximum Gasteiger partial charge on any atom is 0.0182 e. The van der Waals surface area contributed by atoms with E-state index in [4.69, 9.17) is 0 Å². The van der Waals surface area contributed by atoms with Crippen LogP contribution in [-0.2, 0) is 0 Å². The Balaban J connectivity index is 1.57. The predicted octanol–water partition coefficient (Wildman–Crippen LogP) is 1.35. The van der Waals surface area contributed by atoms with E-state index >= 15 is 0 Å². The molecule has 3 fully saturated rings. The van der Waals surface area contributed by atoms with Gasteiger partial charge in [0.05, 0.1) is 0 Å². The fourth-order valence-corrected chi connectivity index (χ4v) is 4.07. The van der Waals surface area contributed by atoms with Crippen LogP contribution >= 0.6 is 0 Å². The number of hydrogen-bond donors (Lipinski definition) is 2. The van der Waals surface area contributed by atoms with Crippen LogP contribution in [0.1, 0.15) is 44.9 Å². The number of hydrogen-bond acceptors (Lipinski definition) is 3. The van der Waals surface area contributed by atoms with E-state index in [9.17, 15) is 0 Å². The molecular weight excluding hydrogens is 210 g/mol. The Labute approximate surface area is 105 Å². The lowest BCUT2D eigenvalue weighted by Crippen LogP contribution is -2.48. The second kappa shape index (κ2) is 5.25. The third-order valence-corrected chi connectivity index (χ3v) is 5.16. The normalized spacial score (nSPS) is 34.9. The van der Waals surface area contributed by atoms with Gasteiger partial charge in [0, 0.05) is 37.8 Å². The lowest BCUT2D eigenvalue weighted by molar-refractivity contribution is 0.158. The minimum Gasteiger partial charge on any atom is -0.314 e. The van der Waals surface area contributed by atoms with Crippen molar-refractivity contribution in [3.63, 3.8) is 0 Å². The summed E-state index contributed by atoms with van der Waals surface area (Å²) in [5, 5.41) is 7.34. The lowest BCUT2D eigenvalue weighted by atomic mass is 9.91. The van der Waals surface area contributed by atoms with Gasteiger partial charge in [0.15, 0.2) is 0 Å². The van der Waals surface area contributed by atoms with Crippen LogP contribution in [-0.4, -0.2) is 49.2 Å². The molecule has 3 rings (SSSR count). The molecule has 3 aliphatic rings. The molecule has 0 aromatic heterocycles. The van der Waals surface area contributed by atoms with E-state index in [0.717, 1.165) is 6.04 Å². The van der Waals surface area contributed by atoms with Gasteiger partial charge in [-0.15, -0.1) is 0 Å². The quantitative estimate of drug-likeness (QED) is 0.721. The highest BCUT2D eigenvalue weighted by Crippen LogP contribution is 2.36. The van der Waals surface area contributed by atoms with Crippen molar-refractivity contribution in [2.45, 2.75) is 56.5 Å². The summed E-state index contributed by atoms with van der Waals surface area (Å²) in [4.78, 5) is 2.73. The molecule has 1 atom stereocenters. The second-order valence-electron chi connectivity index (χ2n) is 6.18. The van der Waals surface area contributed by atoms with Gasteiger partial charge in [0.2, 0.25) is 0 Å². The first-order valence-corrected chi connectivity index (χ1v) is 7.58.